The van der Waals surface area contributed by atoms with Crippen LogP contribution in [0.3, 0.4) is 0 Å². The van der Waals surface area contributed by atoms with Crippen molar-refractivity contribution in [2.24, 2.45) is 5.92 Å². The fourth-order valence-corrected chi connectivity index (χ4v) is 2.25. The van der Waals surface area contributed by atoms with Crippen molar-refractivity contribution >= 4 is 17.0 Å². The molecule has 1 aromatic heterocycles. The van der Waals surface area contributed by atoms with E-state index in [0.29, 0.717) is 5.92 Å². The van der Waals surface area contributed by atoms with Crippen molar-refractivity contribution in [2.75, 3.05) is 0 Å². The summed E-state index contributed by atoms with van der Waals surface area (Å²) in [5.41, 5.74) is 3.91. The number of rotatable bonds is 0. The van der Waals surface area contributed by atoms with E-state index in [1.807, 2.05) is 12.3 Å². The fraction of sp³-hybridized carbons (Fsp3) is 0.214. The Hall–Kier alpha value is -1.63. The standard InChI is InChI=1S/C14H13N/c1-10-4-5-11-6-7-12-3-2-8-15-14(12)13(11)9-10/h2-8,10H,9H2,1H3. The summed E-state index contributed by atoms with van der Waals surface area (Å²) in [6.07, 6.45) is 7.49. The Morgan fingerprint density at radius 1 is 1.27 bits per heavy atom. The maximum atomic E-state index is 4.50. The Morgan fingerprint density at radius 2 is 2.20 bits per heavy atom. The zero-order valence-corrected chi connectivity index (χ0v) is 8.77. The molecule has 1 aromatic carbocycles. The van der Waals surface area contributed by atoms with Crippen molar-refractivity contribution < 1.29 is 0 Å². The van der Waals surface area contributed by atoms with Gasteiger partial charge >= 0.3 is 0 Å². The average molecular weight is 195 g/mol. The van der Waals surface area contributed by atoms with Crippen molar-refractivity contribution in [2.45, 2.75) is 13.3 Å². The van der Waals surface area contributed by atoms with E-state index >= 15 is 0 Å². The lowest BCUT2D eigenvalue weighted by molar-refractivity contribution is 0.720. The molecule has 0 N–H and O–H groups in total. The Labute approximate surface area is 89.5 Å². The number of nitrogens with zero attached hydrogens (tertiary/aromatic N) is 1. The number of pyridine rings is 1. The molecule has 74 valence electrons. The SMILES string of the molecule is CC1C=Cc2ccc3cccnc3c2C1. The van der Waals surface area contributed by atoms with E-state index < -0.39 is 0 Å². The van der Waals surface area contributed by atoms with Crippen molar-refractivity contribution in [3.05, 3.63) is 47.7 Å². The van der Waals surface area contributed by atoms with Crippen molar-refractivity contribution in [3.8, 4) is 0 Å². The van der Waals surface area contributed by atoms with Crippen LogP contribution in [0.25, 0.3) is 17.0 Å². The summed E-state index contributed by atoms with van der Waals surface area (Å²) < 4.78 is 0. The number of aromatic nitrogens is 1. The molecule has 0 saturated heterocycles. The van der Waals surface area contributed by atoms with Gasteiger partial charge in [-0.1, -0.05) is 37.3 Å². The third-order valence-corrected chi connectivity index (χ3v) is 3.05. The average Bonchev–Trinajstić information content (AvgIpc) is 2.29. The molecule has 2 aromatic rings. The number of hydrogen-bond acceptors (Lipinski definition) is 1. The normalized spacial score (nSPS) is 19.1. The predicted octanol–water partition coefficient (Wildman–Crippen LogP) is 3.44. The first-order chi connectivity index (χ1) is 7.34. The lowest BCUT2D eigenvalue weighted by Gasteiger charge is -2.17. The molecule has 0 bridgehead atoms. The van der Waals surface area contributed by atoms with Crippen LogP contribution in [0.1, 0.15) is 18.1 Å². The van der Waals surface area contributed by atoms with Gasteiger partial charge in [-0.25, -0.2) is 0 Å². The smallest absolute Gasteiger partial charge is 0.0740 e. The number of fused-ring (bicyclic) bond motifs is 3. The Morgan fingerprint density at radius 3 is 3.13 bits per heavy atom. The molecule has 1 heterocycles. The van der Waals surface area contributed by atoms with Crippen LogP contribution in [-0.4, -0.2) is 4.98 Å². The highest BCUT2D eigenvalue weighted by atomic mass is 14.7. The van der Waals surface area contributed by atoms with Gasteiger partial charge in [-0.2, -0.15) is 0 Å². The molecule has 1 aliphatic rings. The van der Waals surface area contributed by atoms with E-state index in [1.54, 1.807) is 0 Å². The van der Waals surface area contributed by atoms with Gasteiger partial charge in [0.25, 0.3) is 0 Å². The van der Waals surface area contributed by atoms with Crippen LogP contribution in [0.15, 0.2) is 36.5 Å². The maximum absolute atomic E-state index is 4.50. The molecular formula is C14H13N. The molecule has 0 radical (unpaired) electrons. The first kappa shape index (κ1) is 8.66. The predicted molar refractivity (Wildman–Crippen MR) is 63.6 cm³/mol. The second kappa shape index (κ2) is 3.20. The monoisotopic (exact) mass is 195 g/mol. The molecule has 3 rings (SSSR count). The molecule has 15 heavy (non-hydrogen) atoms. The van der Waals surface area contributed by atoms with Crippen LogP contribution in [0.4, 0.5) is 0 Å². The van der Waals surface area contributed by atoms with Crippen LogP contribution in [-0.2, 0) is 6.42 Å². The van der Waals surface area contributed by atoms with Gasteiger partial charge in [0.15, 0.2) is 0 Å². The molecule has 0 amide bonds. The second-order valence-corrected chi connectivity index (χ2v) is 4.25. The van der Waals surface area contributed by atoms with Crippen LogP contribution in [0.5, 0.6) is 0 Å². The van der Waals surface area contributed by atoms with Gasteiger partial charge < -0.3 is 0 Å². The molecule has 0 fully saturated rings. The summed E-state index contributed by atoms with van der Waals surface area (Å²) in [7, 11) is 0. The molecular weight excluding hydrogens is 182 g/mol. The number of benzene rings is 1. The van der Waals surface area contributed by atoms with Crippen molar-refractivity contribution in [1.82, 2.24) is 4.98 Å². The van der Waals surface area contributed by atoms with Crippen molar-refractivity contribution in [1.29, 1.82) is 0 Å². The highest BCUT2D eigenvalue weighted by Gasteiger charge is 2.13. The van der Waals surface area contributed by atoms with Gasteiger partial charge in [0.2, 0.25) is 0 Å². The zero-order valence-electron chi connectivity index (χ0n) is 8.77. The molecule has 0 spiro atoms. The van der Waals surface area contributed by atoms with Gasteiger partial charge in [0, 0.05) is 11.6 Å². The highest BCUT2D eigenvalue weighted by molar-refractivity contribution is 5.85. The summed E-state index contributed by atoms with van der Waals surface area (Å²) in [4.78, 5) is 4.50. The van der Waals surface area contributed by atoms with E-state index in [9.17, 15) is 0 Å². The molecule has 1 heteroatoms. The lowest BCUT2D eigenvalue weighted by Crippen LogP contribution is -2.04. The third kappa shape index (κ3) is 1.35. The quantitative estimate of drug-likeness (QED) is 0.627. The number of hydrogen-bond donors (Lipinski definition) is 0. The first-order valence-electron chi connectivity index (χ1n) is 5.39. The molecule has 1 unspecified atom stereocenters. The van der Waals surface area contributed by atoms with Gasteiger partial charge in [0.1, 0.15) is 0 Å². The minimum Gasteiger partial charge on any atom is -0.256 e. The van der Waals surface area contributed by atoms with Gasteiger partial charge in [-0.3, -0.25) is 4.98 Å². The van der Waals surface area contributed by atoms with Gasteiger partial charge in [-0.05, 0) is 29.5 Å². The van der Waals surface area contributed by atoms with E-state index in [1.165, 1.54) is 22.0 Å². The Bertz CT molecular complexity index is 540. The van der Waals surface area contributed by atoms with E-state index in [2.05, 4.69) is 42.3 Å². The van der Waals surface area contributed by atoms with Crippen LogP contribution in [0, 0.1) is 5.92 Å². The molecule has 0 aliphatic heterocycles. The summed E-state index contributed by atoms with van der Waals surface area (Å²) in [6, 6.07) is 8.48. The Balaban J connectivity index is 2.34. The minimum atomic E-state index is 0.630. The second-order valence-electron chi connectivity index (χ2n) is 4.25. The van der Waals surface area contributed by atoms with Gasteiger partial charge in [0.05, 0.1) is 5.52 Å². The zero-order chi connectivity index (χ0) is 10.3. The highest BCUT2D eigenvalue weighted by Crippen LogP contribution is 2.28. The van der Waals surface area contributed by atoms with Crippen LogP contribution in [0.2, 0.25) is 0 Å². The largest absolute Gasteiger partial charge is 0.256 e. The molecule has 1 atom stereocenters. The Kier molecular flexibility index (Phi) is 1.84. The van der Waals surface area contributed by atoms with Crippen molar-refractivity contribution in [3.63, 3.8) is 0 Å². The topological polar surface area (TPSA) is 12.9 Å². The summed E-state index contributed by atoms with van der Waals surface area (Å²) in [5.74, 6) is 0.630. The third-order valence-electron chi connectivity index (χ3n) is 3.05. The summed E-state index contributed by atoms with van der Waals surface area (Å²) >= 11 is 0. The first-order valence-corrected chi connectivity index (χ1v) is 5.39. The molecule has 1 aliphatic carbocycles. The minimum absolute atomic E-state index is 0.630. The van der Waals surface area contributed by atoms with Crippen LogP contribution >= 0.6 is 0 Å². The fourth-order valence-electron chi connectivity index (χ4n) is 2.25. The van der Waals surface area contributed by atoms with Crippen LogP contribution < -0.4 is 0 Å². The molecule has 1 nitrogen and oxygen atoms in total. The summed E-state index contributed by atoms with van der Waals surface area (Å²) in [6.45, 7) is 2.25. The maximum Gasteiger partial charge on any atom is 0.0740 e. The number of allylic oxidation sites excluding steroid dienone is 1. The van der Waals surface area contributed by atoms with E-state index in [4.69, 9.17) is 0 Å². The van der Waals surface area contributed by atoms with E-state index in [-0.39, 0.29) is 0 Å². The summed E-state index contributed by atoms with van der Waals surface area (Å²) in [5, 5.41) is 1.25. The van der Waals surface area contributed by atoms with Gasteiger partial charge in [-0.15, -0.1) is 0 Å². The van der Waals surface area contributed by atoms with E-state index in [0.717, 1.165) is 6.42 Å². The molecule has 0 saturated carbocycles. The lowest BCUT2D eigenvalue weighted by atomic mass is 9.89.